The van der Waals surface area contributed by atoms with Gasteiger partial charge in [-0.3, -0.25) is 4.79 Å². The van der Waals surface area contributed by atoms with Crippen LogP contribution in [0.25, 0.3) is 0 Å². The van der Waals surface area contributed by atoms with Gasteiger partial charge in [-0.05, 0) is 12.1 Å². The Balaban J connectivity index is 2.39. The number of carbonyl (C=O) groups is 2. The highest BCUT2D eigenvalue weighted by atomic mass is 35.5. The second kappa shape index (κ2) is 7.88. The first-order valence-electron chi connectivity index (χ1n) is 6.93. The van der Waals surface area contributed by atoms with E-state index >= 15 is 0 Å². The molecule has 0 spiro atoms. The van der Waals surface area contributed by atoms with Gasteiger partial charge in [-0.25, -0.2) is 4.79 Å². The van der Waals surface area contributed by atoms with Gasteiger partial charge in [-0.15, -0.1) is 0 Å². The van der Waals surface area contributed by atoms with Crippen LogP contribution in [0.2, 0.25) is 15.1 Å². The summed E-state index contributed by atoms with van der Waals surface area (Å²) in [5.41, 5.74) is 0.470. The summed E-state index contributed by atoms with van der Waals surface area (Å²) in [5, 5.41) is 0.250. The lowest BCUT2D eigenvalue weighted by Crippen LogP contribution is -2.31. The Morgan fingerprint density at radius 3 is 2.12 bits per heavy atom. The molecule has 0 radical (unpaired) electrons. The van der Waals surface area contributed by atoms with E-state index in [0.717, 1.165) is 0 Å². The largest absolute Gasteiger partial charge is 0.444 e. The minimum atomic E-state index is -1.11. The molecule has 7 heteroatoms. The van der Waals surface area contributed by atoms with Gasteiger partial charge in [-0.1, -0.05) is 65.1 Å². The number of ether oxygens (including phenoxy) is 1. The predicted molar refractivity (Wildman–Crippen MR) is 94.8 cm³/mol. The fraction of sp³-hybridized carbons (Fsp3) is 0.176. The van der Waals surface area contributed by atoms with Gasteiger partial charge in [0.2, 0.25) is 6.10 Å². The molecule has 1 amide bonds. The molecule has 0 heterocycles. The Hall–Kier alpha value is -1.75. The maximum atomic E-state index is 12.5. The summed E-state index contributed by atoms with van der Waals surface area (Å²) < 4.78 is 5.40. The number of esters is 1. The van der Waals surface area contributed by atoms with Gasteiger partial charge < -0.3 is 9.64 Å². The van der Waals surface area contributed by atoms with Crippen molar-refractivity contribution in [1.29, 1.82) is 0 Å². The molecule has 0 aliphatic carbocycles. The molecular formula is C17H14Cl3NO3. The molecule has 0 aromatic heterocycles. The fourth-order valence-corrected chi connectivity index (χ4v) is 2.69. The van der Waals surface area contributed by atoms with Gasteiger partial charge in [-0.2, -0.15) is 0 Å². The van der Waals surface area contributed by atoms with Crippen LogP contribution in [0.3, 0.4) is 0 Å². The van der Waals surface area contributed by atoms with Crippen molar-refractivity contribution in [3.63, 3.8) is 0 Å². The number of halogens is 3. The minimum Gasteiger partial charge on any atom is -0.444 e. The van der Waals surface area contributed by atoms with Crippen molar-refractivity contribution in [3.05, 3.63) is 68.7 Å². The van der Waals surface area contributed by atoms with E-state index in [1.165, 1.54) is 17.0 Å². The quantitative estimate of drug-likeness (QED) is 0.568. The van der Waals surface area contributed by atoms with Crippen LogP contribution >= 0.6 is 34.8 Å². The summed E-state index contributed by atoms with van der Waals surface area (Å²) in [4.78, 5) is 26.3. The third-order valence-electron chi connectivity index (χ3n) is 3.24. The Morgan fingerprint density at radius 2 is 1.54 bits per heavy atom. The molecule has 4 nitrogen and oxygen atoms in total. The zero-order chi connectivity index (χ0) is 17.9. The zero-order valence-corrected chi connectivity index (χ0v) is 15.2. The number of amides is 1. The first kappa shape index (κ1) is 18.6. The van der Waals surface area contributed by atoms with Crippen molar-refractivity contribution in [1.82, 2.24) is 4.90 Å². The smallest absolute Gasteiger partial charge is 0.342 e. The molecule has 1 atom stereocenters. The third-order valence-corrected chi connectivity index (χ3v) is 4.36. The molecule has 0 bridgehead atoms. The van der Waals surface area contributed by atoms with Crippen LogP contribution in [-0.2, 0) is 9.53 Å². The Morgan fingerprint density at radius 1 is 0.958 bits per heavy atom. The Bertz CT molecular complexity index is 763. The molecule has 0 aliphatic rings. The molecule has 0 unspecified atom stereocenters. The molecule has 2 rings (SSSR count). The van der Waals surface area contributed by atoms with E-state index in [1.807, 2.05) is 0 Å². The van der Waals surface area contributed by atoms with Crippen molar-refractivity contribution in [3.8, 4) is 0 Å². The van der Waals surface area contributed by atoms with Gasteiger partial charge in [0.15, 0.2) is 0 Å². The van der Waals surface area contributed by atoms with Crippen molar-refractivity contribution >= 4 is 46.7 Å². The molecule has 0 fully saturated rings. The summed E-state index contributed by atoms with van der Waals surface area (Å²) in [7, 11) is 3.15. The number of hydrogen-bond donors (Lipinski definition) is 0. The second-order valence-electron chi connectivity index (χ2n) is 5.15. The molecular weight excluding hydrogens is 373 g/mol. The Kier molecular flexibility index (Phi) is 6.10. The number of hydrogen-bond acceptors (Lipinski definition) is 3. The number of benzene rings is 2. The van der Waals surface area contributed by atoms with E-state index in [1.54, 1.807) is 44.4 Å². The van der Waals surface area contributed by atoms with E-state index in [2.05, 4.69) is 0 Å². The van der Waals surface area contributed by atoms with Gasteiger partial charge >= 0.3 is 5.97 Å². The maximum Gasteiger partial charge on any atom is 0.342 e. The second-order valence-corrected chi connectivity index (χ2v) is 6.34. The van der Waals surface area contributed by atoms with E-state index < -0.39 is 12.1 Å². The van der Waals surface area contributed by atoms with Crippen molar-refractivity contribution in [2.24, 2.45) is 0 Å². The first-order valence-corrected chi connectivity index (χ1v) is 8.07. The predicted octanol–water partition coefficient (Wildman–Crippen LogP) is 4.63. The molecule has 0 saturated carbocycles. The molecule has 0 N–H and O–H groups in total. The molecule has 0 saturated heterocycles. The number of nitrogens with zero attached hydrogens (tertiary/aromatic N) is 1. The summed E-state index contributed by atoms with van der Waals surface area (Å²) in [5.74, 6) is -1.21. The van der Waals surface area contributed by atoms with Crippen LogP contribution in [-0.4, -0.2) is 30.9 Å². The van der Waals surface area contributed by atoms with E-state index in [0.29, 0.717) is 5.56 Å². The summed E-state index contributed by atoms with van der Waals surface area (Å²) in [6.45, 7) is 0. The SMILES string of the molecule is CN(C)C(=O)[C@H](OC(=O)c1c(Cl)ccc(Cl)c1Cl)c1ccccc1. The number of carbonyl (C=O) groups excluding carboxylic acids is 2. The standard InChI is InChI=1S/C17H14Cl3NO3/c1-21(2)16(22)15(10-6-4-3-5-7-10)24-17(23)13-11(18)8-9-12(19)14(13)20/h3-9,15H,1-2H3/t15-/m1/s1. The number of rotatable bonds is 4. The monoisotopic (exact) mass is 385 g/mol. The lowest BCUT2D eigenvalue weighted by atomic mass is 10.1. The van der Waals surface area contributed by atoms with Crippen molar-refractivity contribution < 1.29 is 14.3 Å². The lowest BCUT2D eigenvalue weighted by molar-refractivity contribution is -0.138. The average molecular weight is 387 g/mol. The summed E-state index contributed by atoms with van der Waals surface area (Å²) in [6.07, 6.45) is -1.11. The van der Waals surface area contributed by atoms with Crippen LogP contribution in [0, 0.1) is 0 Å². The minimum absolute atomic E-state index is 0.0155. The van der Waals surface area contributed by atoms with Crippen LogP contribution in [0.4, 0.5) is 0 Å². The summed E-state index contributed by atoms with van der Waals surface area (Å²) >= 11 is 18.0. The fourth-order valence-electron chi connectivity index (χ4n) is 2.00. The van der Waals surface area contributed by atoms with Gasteiger partial charge in [0.1, 0.15) is 0 Å². The Labute approximate surface area is 154 Å². The molecule has 126 valence electrons. The highest BCUT2D eigenvalue weighted by Crippen LogP contribution is 2.33. The van der Waals surface area contributed by atoms with Crippen molar-refractivity contribution in [2.45, 2.75) is 6.10 Å². The van der Waals surface area contributed by atoms with Gasteiger partial charge in [0, 0.05) is 19.7 Å². The topological polar surface area (TPSA) is 46.6 Å². The molecule has 0 aliphatic heterocycles. The van der Waals surface area contributed by atoms with Crippen LogP contribution < -0.4 is 0 Å². The van der Waals surface area contributed by atoms with E-state index in [4.69, 9.17) is 39.5 Å². The van der Waals surface area contributed by atoms with E-state index in [-0.39, 0.29) is 26.5 Å². The number of likely N-dealkylation sites (N-methyl/N-ethyl adjacent to an activating group) is 1. The van der Waals surface area contributed by atoms with E-state index in [9.17, 15) is 9.59 Å². The highest BCUT2D eigenvalue weighted by Gasteiger charge is 2.29. The third kappa shape index (κ3) is 4.01. The highest BCUT2D eigenvalue weighted by molar-refractivity contribution is 6.46. The maximum absolute atomic E-state index is 12.5. The normalized spacial score (nSPS) is 11.7. The zero-order valence-electron chi connectivity index (χ0n) is 12.9. The van der Waals surface area contributed by atoms with Crippen LogP contribution in [0.1, 0.15) is 22.0 Å². The summed E-state index contributed by atoms with van der Waals surface area (Å²) in [6, 6.07) is 11.6. The molecule has 24 heavy (non-hydrogen) atoms. The van der Waals surface area contributed by atoms with Gasteiger partial charge in [0.25, 0.3) is 5.91 Å². The van der Waals surface area contributed by atoms with Crippen molar-refractivity contribution in [2.75, 3.05) is 14.1 Å². The van der Waals surface area contributed by atoms with Crippen LogP contribution in [0.15, 0.2) is 42.5 Å². The molecule has 2 aromatic rings. The average Bonchev–Trinajstić information content (AvgIpc) is 2.56. The van der Waals surface area contributed by atoms with Gasteiger partial charge in [0.05, 0.1) is 20.6 Å². The molecule has 2 aromatic carbocycles. The first-order chi connectivity index (χ1) is 11.3. The van der Waals surface area contributed by atoms with Crippen LogP contribution in [0.5, 0.6) is 0 Å². The lowest BCUT2D eigenvalue weighted by Gasteiger charge is -2.21.